The molecule has 0 spiro atoms. The third-order valence-electron chi connectivity index (χ3n) is 3.54. The van der Waals surface area contributed by atoms with Gasteiger partial charge in [0.1, 0.15) is 0 Å². The summed E-state index contributed by atoms with van der Waals surface area (Å²) in [5.41, 5.74) is 1.06. The van der Waals surface area contributed by atoms with E-state index in [0.717, 1.165) is 28.7 Å². The average Bonchev–Trinajstić information content (AvgIpc) is 3.15. The van der Waals surface area contributed by atoms with Crippen molar-refractivity contribution in [3.8, 4) is 0 Å². The van der Waals surface area contributed by atoms with E-state index in [-0.39, 0.29) is 5.91 Å². The third-order valence-corrected chi connectivity index (χ3v) is 4.48. The highest BCUT2D eigenvalue weighted by Gasteiger charge is 2.42. The number of hydrogen-bond donors (Lipinski definition) is 1. The monoisotopic (exact) mass is 359 g/mol. The van der Waals surface area contributed by atoms with Crippen LogP contribution < -0.4 is 5.32 Å². The van der Waals surface area contributed by atoms with E-state index in [4.69, 9.17) is 4.74 Å². The molecule has 1 fully saturated rings. The van der Waals surface area contributed by atoms with Gasteiger partial charge in [-0.1, -0.05) is 12.1 Å². The molecule has 0 atom stereocenters. The van der Waals surface area contributed by atoms with Gasteiger partial charge in [-0.05, 0) is 59.4 Å². The van der Waals surface area contributed by atoms with Gasteiger partial charge >= 0.3 is 0 Å². The van der Waals surface area contributed by atoms with E-state index in [2.05, 4.69) is 27.9 Å². The predicted octanol–water partition coefficient (Wildman–Crippen LogP) is 2.84. The van der Waals surface area contributed by atoms with Crippen LogP contribution in [0.15, 0.2) is 24.3 Å². The number of ether oxygens (including phenoxy) is 1. The van der Waals surface area contributed by atoms with Gasteiger partial charge in [-0.25, -0.2) is 0 Å². The fourth-order valence-corrected chi connectivity index (χ4v) is 2.65. The van der Waals surface area contributed by atoms with E-state index in [1.807, 2.05) is 24.3 Å². The minimum atomic E-state index is 0.0312. The number of carbonyl (C=O) groups excluding carboxylic acids is 1. The molecule has 0 saturated heterocycles. The Balaban J connectivity index is 1.87. The number of rotatable bonds is 6. The Morgan fingerprint density at radius 2 is 2.17 bits per heavy atom. The summed E-state index contributed by atoms with van der Waals surface area (Å²) in [7, 11) is 1.72. The molecule has 1 aromatic carbocycles. The van der Waals surface area contributed by atoms with E-state index in [9.17, 15) is 4.79 Å². The second kappa shape index (κ2) is 6.02. The summed E-state index contributed by atoms with van der Waals surface area (Å²) in [4.78, 5) is 12.1. The highest BCUT2D eigenvalue weighted by atomic mass is 127. The normalized spacial score (nSPS) is 16.3. The van der Waals surface area contributed by atoms with Crippen LogP contribution in [0.1, 0.15) is 29.6 Å². The Labute approximate surface area is 121 Å². The summed E-state index contributed by atoms with van der Waals surface area (Å²) in [5, 5.41) is 3.05. The summed E-state index contributed by atoms with van der Waals surface area (Å²) >= 11 is 2.19. The minimum absolute atomic E-state index is 0.0312. The van der Waals surface area contributed by atoms with Crippen LogP contribution in [0.5, 0.6) is 0 Å². The zero-order chi connectivity index (χ0) is 13.0. The zero-order valence-corrected chi connectivity index (χ0v) is 12.7. The topological polar surface area (TPSA) is 38.3 Å². The first-order chi connectivity index (χ1) is 8.67. The summed E-state index contributed by atoms with van der Waals surface area (Å²) in [6.45, 7) is 1.54. The van der Waals surface area contributed by atoms with Gasteiger partial charge in [-0.15, -0.1) is 0 Å². The Bertz CT molecular complexity index is 430. The van der Waals surface area contributed by atoms with Crippen molar-refractivity contribution in [1.29, 1.82) is 0 Å². The summed E-state index contributed by atoms with van der Waals surface area (Å²) < 4.78 is 6.11. The average molecular weight is 359 g/mol. The zero-order valence-electron chi connectivity index (χ0n) is 10.5. The SMILES string of the molecule is COCCC1(CNC(=O)c2ccccc2I)CC1. The van der Waals surface area contributed by atoms with E-state index < -0.39 is 0 Å². The van der Waals surface area contributed by atoms with Crippen molar-refractivity contribution in [3.63, 3.8) is 0 Å². The molecule has 1 amide bonds. The van der Waals surface area contributed by atoms with Crippen LogP contribution in [-0.4, -0.2) is 26.2 Å². The second-order valence-corrected chi connectivity index (χ2v) is 6.07. The number of carbonyl (C=O) groups is 1. The van der Waals surface area contributed by atoms with Crippen LogP contribution in [-0.2, 0) is 4.74 Å². The first kappa shape index (κ1) is 13.8. The number of benzene rings is 1. The molecule has 1 N–H and O–H groups in total. The van der Waals surface area contributed by atoms with Crippen LogP contribution in [0.2, 0.25) is 0 Å². The molecular weight excluding hydrogens is 341 g/mol. The second-order valence-electron chi connectivity index (χ2n) is 4.91. The van der Waals surface area contributed by atoms with Gasteiger partial charge in [0.2, 0.25) is 0 Å². The molecule has 4 heteroatoms. The summed E-state index contributed by atoms with van der Waals surface area (Å²) in [5.74, 6) is 0.0312. The lowest BCUT2D eigenvalue weighted by Crippen LogP contribution is -2.31. The molecule has 1 aliphatic carbocycles. The van der Waals surface area contributed by atoms with Gasteiger partial charge in [-0.2, -0.15) is 0 Å². The lowest BCUT2D eigenvalue weighted by atomic mass is 10.0. The molecule has 1 saturated carbocycles. The highest BCUT2D eigenvalue weighted by molar-refractivity contribution is 14.1. The summed E-state index contributed by atoms with van der Waals surface area (Å²) in [6, 6.07) is 7.66. The molecule has 98 valence electrons. The smallest absolute Gasteiger partial charge is 0.252 e. The number of nitrogens with one attached hydrogen (secondary N) is 1. The number of methoxy groups -OCH3 is 1. The quantitative estimate of drug-likeness (QED) is 0.794. The predicted molar refractivity (Wildman–Crippen MR) is 79.7 cm³/mol. The van der Waals surface area contributed by atoms with Gasteiger partial charge in [0.15, 0.2) is 0 Å². The molecule has 0 unspecified atom stereocenters. The Morgan fingerprint density at radius 1 is 1.44 bits per heavy atom. The van der Waals surface area contributed by atoms with Crippen molar-refractivity contribution < 1.29 is 9.53 Å². The molecule has 1 aliphatic rings. The van der Waals surface area contributed by atoms with Crippen molar-refractivity contribution in [2.45, 2.75) is 19.3 Å². The van der Waals surface area contributed by atoms with Crippen molar-refractivity contribution in [1.82, 2.24) is 5.32 Å². The molecule has 18 heavy (non-hydrogen) atoms. The lowest BCUT2D eigenvalue weighted by molar-refractivity contribution is 0.0937. The molecule has 3 nitrogen and oxygen atoms in total. The molecule has 0 radical (unpaired) electrons. The van der Waals surface area contributed by atoms with Crippen LogP contribution in [0, 0.1) is 8.99 Å². The van der Waals surface area contributed by atoms with E-state index in [0.29, 0.717) is 5.41 Å². The molecule has 0 heterocycles. The van der Waals surface area contributed by atoms with Crippen LogP contribution in [0.4, 0.5) is 0 Å². The Morgan fingerprint density at radius 3 is 2.78 bits per heavy atom. The molecule has 0 bridgehead atoms. The van der Waals surface area contributed by atoms with Crippen molar-refractivity contribution in [3.05, 3.63) is 33.4 Å². The fraction of sp³-hybridized carbons (Fsp3) is 0.500. The molecular formula is C14H18INO2. The maximum absolute atomic E-state index is 12.1. The first-order valence-electron chi connectivity index (χ1n) is 6.19. The van der Waals surface area contributed by atoms with E-state index >= 15 is 0 Å². The number of hydrogen-bond acceptors (Lipinski definition) is 2. The minimum Gasteiger partial charge on any atom is -0.385 e. The van der Waals surface area contributed by atoms with E-state index in [1.54, 1.807) is 7.11 Å². The van der Waals surface area contributed by atoms with Gasteiger partial charge in [0.05, 0.1) is 5.56 Å². The molecule has 1 aromatic rings. The van der Waals surface area contributed by atoms with Crippen LogP contribution >= 0.6 is 22.6 Å². The Kier molecular flexibility index (Phi) is 4.61. The lowest BCUT2D eigenvalue weighted by Gasteiger charge is -2.15. The largest absolute Gasteiger partial charge is 0.385 e. The highest BCUT2D eigenvalue weighted by Crippen LogP contribution is 2.48. The van der Waals surface area contributed by atoms with Crippen LogP contribution in [0.3, 0.4) is 0 Å². The van der Waals surface area contributed by atoms with Gasteiger partial charge in [0.25, 0.3) is 5.91 Å². The van der Waals surface area contributed by atoms with E-state index in [1.165, 1.54) is 12.8 Å². The Hall–Kier alpha value is -0.620. The van der Waals surface area contributed by atoms with Crippen molar-refractivity contribution >= 4 is 28.5 Å². The first-order valence-corrected chi connectivity index (χ1v) is 7.26. The van der Waals surface area contributed by atoms with Gasteiger partial charge < -0.3 is 10.1 Å². The third kappa shape index (κ3) is 3.45. The number of amides is 1. The molecule has 0 aliphatic heterocycles. The molecule has 2 rings (SSSR count). The van der Waals surface area contributed by atoms with Crippen LogP contribution in [0.25, 0.3) is 0 Å². The fourth-order valence-electron chi connectivity index (χ4n) is 2.02. The van der Waals surface area contributed by atoms with Gasteiger partial charge in [-0.3, -0.25) is 4.79 Å². The number of halogens is 1. The van der Waals surface area contributed by atoms with Crippen molar-refractivity contribution in [2.75, 3.05) is 20.3 Å². The molecule has 0 aromatic heterocycles. The maximum Gasteiger partial charge on any atom is 0.252 e. The standard InChI is InChI=1S/C14H18INO2/c1-18-9-8-14(6-7-14)10-16-13(17)11-4-2-3-5-12(11)15/h2-5H,6-10H2,1H3,(H,16,17). The van der Waals surface area contributed by atoms with Gasteiger partial charge in [0, 0.05) is 23.8 Å². The maximum atomic E-state index is 12.1. The summed E-state index contributed by atoms with van der Waals surface area (Å²) in [6.07, 6.45) is 3.43. The van der Waals surface area contributed by atoms with Crippen molar-refractivity contribution in [2.24, 2.45) is 5.41 Å².